The van der Waals surface area contributed by atoms with Crippen LogP contribution in [0.2, 0.25) is 0 Å². The molecule has 0 spiro atoms. The summed E-state index contributed by atoms with van der Waals surface area (Å²) in [5.74, 6) is -8.00. The Kier molecular flexibility index (Phi) is 2.24. The standard InChI is InChI=1S/C11H8F4O2/c1-5-2-3-6(12)7(8(5)13)10(9(16)17)4-11(10,14)15/h2-3H,4H2,1H3,(H,16,17). The summed E-state index contributed by atoms with van der Waals surface area (Å²) in [6, 6.07) is 1.87. The molecule has 1 unspecified atom stereocenters. The molecule has 1 N–H and O–H groups in total. The van der Waals surface area contributed by atoms with E-state index in [-0.39, 0.29) is 5.56 Å². The van der Waals surface area contributed by atoms with E-state index < -0.39 is 40.9 Å². The number of carbonyl (C=O) groups is 1. The van der Waals surface area contributed by atoms with E-state index in [4.69, 9.17) is 5.11 Å². The number of halogens is 4. The Balaban J connectivity index is 2.70. The normalized spacial score (nSPS) is 25.7. The van der Waals surface area contributed by atoms with Crippen molar-refractivity contribution in [3.8, 4) is 0 Å². The van der Waals surface area contributed by atoms with Crippen molar-refractivity contribution < 1.29 is 27.5 Å². The Labute approximate surface area is 93.9 Å². The highest BCUT2D eigenvalue weighted by Crippen LogP contribution is 2.62. The molecular weight excluding hydrogens is 240 g/mol. The van der Waals surface area contributed by atoms with Crippen molar-refractivity contribution in [2.75, 3.05) is 0 Å². The first-order valence-corrected chi connectivity index (χ1v) is 4.80. The molecule has 6 heteroatoms. The monoisotopic (exact) mass is 248 g/mol. The highest BCUT2D eigenvalue weighted by atomic mass is 19.3. The van der Waals surface area contributed by atoms with Crippen LogP contribution in [0.3, 0.4) is 0 Å². The molecule has 1 aliphatic carbocycles. The Morgan fingerprint density at radius 2 is 1.88 bits per heavy atom. The molecule has 1 saturated carbocycles. The summed E-state index contributed by atoms with van der Waals surface area (Å²) < 4.78 is 53.4. The number of hydrogen-bond donors (Lipinski definition) is 1. The third-order valence-corrected chi connectivity index (χ3v) is 3.06. The molecule has 1 atom stereocenters. The molecule has 0 amide bonds. The number of rotatable bonds is 2. The molecular formula is C11H8F4O2. The van der Waals surface area contributed by atoms with Gasteiger partial charge in [0.05, 0.1) is 0 Å². The highest BCUT2D eigenvalue weighted by Gasteiger charge is 2.79. The van der Waals surface area contributed by atoms with Crippen LogP contribution in [0.1, 0.15) is 17.5 Å². The summed E-state index contributed by atoms with van der Waals surface area (Å²) in [5.41, 5.74) is -3.87. The number of benzene rings is 1. The van der Waals surface area contributed by atoms with Crippen molar-refractivity contribution in [3.05, 3.63) is 34.9 Å². The molecule has 1 aromatic carbocycles. The second-order valence-electron chi connectivity index (χ2n) is 4.14. The van der Waals surface area contributed by atoms with Crippen molar-refractivity contribution in [2.24, 2.45) is 0 Å². The minimum atomic E-state index is -3.62. The molecule has 0 saturated heterocycles. The first-order valence-electron chi connectivity index (χ1n) is 4.80. The fraction of sp³-hybridized carbons (Fsp3) is 0.364. The molecule has 1 aromatic rings. The average molecular weight is 248 g/mol. The van der Waals surface area contributed by atoms with E-state index in [0.717, 1.165) is 12.1 Å². The number of carboxylic acids is 1. The second kappa shape index (κ2) is 3.21. The number of carboxylic acid groups (broad SMARTS) is 1. The zero-order valence-corrected chi connectivity index (χ0v) is 8.73. The Morgan fingerprint density at radius 1 is 1.35 bits per heavy atom. The molecule has 0 aromatic heterocycles. The second-order valence-corrected chi connectivity index (χ2v) is 4.14. The molecule has 1 aliphatic rings. The lowest BCUT2D eigenvalue weighted by Gasteiger charge is -2.14. The summed E-state index contributed by atoms with van der Waals surface area (Å²) in [6.45, 7) is 1.26. The smallest absolute Gasteiger partial charge is 0.320 e. The number of alkyl halides is 2. The lowest BCUT2D eigenvalue weighted by molar-refractivity contribution is -0.143. The predicted molar refractivity (Wildman–Crippen MR) is 50.0 cm³/mol. The van der Waals surface area contributed by atoms with E-state index in [1.54, 1.807) is 0 Å². The van der Waals surface area contributed by atoms with Crippen molar-refractivity contribution in [1.82, 2.24) is 0 Å². The van der Waals surface area contributed by atoms with Gasteiger partial charge >= 0.3 is 5.97 Å². The van der Waals surface area contributed by atoms with Gasteiger partial charge in [-0.3, -0.25) is 4.79 Å². The fourth-order valence-corrected chi connectivity index (χ4v) is 1.95. The third kappa shape index (κ3) is 1.36. The molecule has 17 heavy (non-hydrogen) atoms. The molecule has 0 aliphatic heterocycles. The Hall–Kier alpha value is -1.59. The first kappa shape index (κ1) is 11.9. The lowest BCUT2D eigenvalue weighted by Crippen LogP contribution is -2.29. The summed E-state index contributed by atoms with van der Waals surface area (Å²) >= 11 is 0. The quantitative estimate of drug-likeness (QED) is 0.817. The van der Waals surface area contributed by atoms with E-state index in [1.807, 2.05) is 0 Å². The van der Waals surface area contributed by atoms with Crippen molar-refractivity contribution in [1.29, 1.82) is 0 Å². The topological polar surface area (TPSA) is 37.3 Å². The minimum absolute atomic E-state index is 0.0651. The highest BCUT2D eigenvalue weighted by molar-refractivity contribution is 5.88. The van der Waals surface area contributed by atoms with Gasteiger partial charge in [-0.15, -0.1) is 0 Å². The van der Waals surface area contributed by atoms with Gasteiger partial charge in [-0.1, -0.05) is 6.07 Å². The molecule has 0 heterocycles. The van der Waals surface area contributed by atoms with Crippen LogP contribution in [0.4, 0.5) is 17.6 Å². The van der Waals surface area contributed by atoms with Crippen LogP contribution in [0.5, 0.6) is 0 Å². The van der Waals surface area contributed by atoms with E-state index in [2.05, 4.69) is 0 Å². The van der Waals surface area contributed by atoms with Crippen LogP contribution in [0.15, 0.2) is 12.1 Å². The van der Waals surface area contributed by atoms with Crippen LogP contribution in [-0.4, -0.2) is 17.0 Å². The van der Waals surface area contributed by atoms with Crippen LogP contribution in [0, 0.1) is 18.6 Å². The summed E-state index contributed by atoms with van der Waals surface area (Å²) in [6.07, 6.45) is -1.08. The van der Waals surface area contributed by atoms with Gasteiger partial charge in [0.1, 0.15) is 11.6 Å². The number of aryl methyl sites for hydroxylation is 1. The van der Waals surface area contributed by atoms with E-state index in [0.29, 0.717) is 0 Å². The van der Waals surface area contributed by atoms with Crippen molar-refractivity contribution >= 4 is 5.97 Å². The lowest BCUT2D eigenvalue weighted by atomic mass is 9.92. The van der Waals surface area contributed by atoms with Gasteiger partial charge in [0.25, 0.3) is 5.92 Å². The predicted octanol–water partition coefficient (Wildman–Crippen LogP) is 2.63. The van der Waals surface area contributed by atoms with Crippen LogP contribution < -0.4 is 0 Å². The maximum Gasteiger partial charge on any atom is 0.320 e. The van der Waals surface area contributed by atoms with Crippen molar-refractivity contribution in [2.45, 2.75) is 24.7 Å². The third-order valence-electron chi connectivity index (χ3n) is 3.06. The minimum Gasteiger partial charge on any atom is -0.480 e. The van der Waals surface area contributed by atoms with E-state index >= 15 is 0 Å². The molecule has 0 radical (unpaired) electrons. The maximum atomic E-state index is 13.7. The van der Waals surface area contributed by atoms with Crippen molar-refractivity contribution in [3.63, 3.8) is 0 Å². The van der Waals surface area contributed by atoms with Gasteiger partial charge < -0.3 is 5.11 Å². The molecule has 1 fully saturated rings. The van der Waals surface area contributed by atoms with Gasteiger partial charge in [-0.25, -0.2) is 17.6 Å². The molecule has 0 bridgehead atoms. The van der Waals surface area contributed by atoms with Crippen LogP contribution in [0.25, 0.3) is 0 Å². The molecule has 2 nitrogen and oxygen atoms in total. The van der Waals surface area contributed by atoms with Gasteiger partial charge in [-0.2, -0.15) is 0 Å². The van der Waals surface area contributed by atoms with Gasteiger partial charge in [-0.05, 0) is 18.6 Å². The SMILES string of the molecule is Cc1ccc(F)c(C2(C(=O)O)CC2(F)F)c1F. The van der Waals surface area contributed by atoms with E-state index in [9.17, 15) is 22.4 Å². The molecule has 92 valence electrons. The Morgan fingerprint density at radius 3 is 2.29 bits per heavy atom. The van der Waals surface area contributed by atoms with Crippen LogP contribution >= 0.6 is 0 Å². The molecule has 2 rings (SSSR count). The van der Waals surface area contributed by atoms with Crippen LogP contribution in [-0.2, 0) is 10.2 Å². The fourth-order valence-electron chi connectivity index (χ4n) is 1.95. The number of hydrogen-bond acceptors (Lipinski definition) is 1. The van der Waals surface area contributed by atoms with Gasteiger partial charge in [0, 0.05) is 12.0 Å². The maximum absolute atomic E-state index is 13.7. The first-order chi connectivity index (χ1) is 7.74. The zero-order valence-electron chi connectivity index (χ0n) is 8.73. The Bertz CT molecular complexity index is 512. The van der Waals surface area contributed by atoms with E-state index in [1.165, 1.54) is 6.92 Å². The van der Waals surface area contributed by atoms with Gasteiger partial charge in [0.2, 0.25) is 0 Å². The number of aliphatic carboxylic acids is 1. The zero-order chi connectivity index (χ0) is 13.0. The average Bonchev–Trinajstić information content (AvgIpc) is 2.78. The largest absolute Gasteiger partial charge is 0.480 e. The summed E-state index contributed by atoms with van der Waals surface area (Å²) in [5, 5.41) is 8.82. The summed E-state index contributed by atoms with van der Waals surface area (Å²) in [4.78, 5) is 10.9. The summed E-state index contributed by atoms with van der Waals surface area (Å²) in [7, 11) is 0. The van der Waals surface area contributed by atoms with Gasteiger partial charge in [0.15, 0.2) is 5.41 Å².